The normalized spacial score (nSPS) is 16.8. The van der Waals surface area contributed by atoms with Crippen LogP contribution in [-0.2, 0) is 0 Å². The Balaban J connectivity index is 1.28. The fourth-order valence-electron chi connectivity index (χ4n) is 4.28. The Morgan fingerprint density at radius 3 is 2.88 bits per heavy atom. The molecule has 33 heavy (non-hydrogen) atoms. The van der Waals surface area contributed by atoms with E-state index in [0.717, 1.165) is 33.1 Å². The van der Waals surface area contributed by atoms with Crippen LogP contribution in [0.3, 0.4) is 0 Å². The van der Waals surface area contributed by atoms with Crippen molar-refractivity contribution in [2.45, 2.75) is 26.3 Å². The number of nitrogens with one attached hydrogen (secondary N) is 2. The summed E-state index contributed by atoms with van der Waals surface area (Å²) in [6.45, 7) is 6.28. The molecule has 0 aliphatic carbocycles. The Labute approximate surface area is 196 Å². The molecule has 0 spiro atoms. The van der Waals surface area contributed by atoms with Gasteiger partial charge in [0, 0.05) is 19.6 Å². The standard InChI is InChI=1S/C25H26N4O3S/c1-15-5-3-6-17(13-15)23-22(28-16(2)33-23)25(31)29-11-9-18(29)14-27-24(30)19-7-4-8-20-21(19)26-10-12-32-20/h3-8,13,18,26H,9-12,14H2,1-2H3,(H,27,30)/t18-/m1/s1. The number of fused-ring (bicyclic) bond motifs is 1. The van der Waals surface area contributed by atoms with Gasteiger partial charge < -0.3 is 20.3 Å². The van der Waals surface area contributed by atoms with Crippen LogP contribution in [0.25, 0.3) is 10.4 Å². The van der Waals surface area contributed by atoms with Gasteiger partial charge >= 0.3 is 0 Å². The van der Waals surface area contributed by atoms with E-state index >= 15 is 0 Å². The highest BCUT2D eigenvalue weighted by Crippen LogP contribution is 2.34. The van der Waals surface area contributed by atoms with Crippen molar-refractivity contribution < 1.29 is 14.3 Å². The number of carbonyl (C=O) groups excluding carboxylic acids is 2. The lowest BCUT2D eigenvalue weighted by atomic mass is 10.0. The average Bonchev–Trinajstić information content (AvgIpc) is 3.20. The predicted octanol–water partition coefficient (Wildman–Crippen LogP) is 3.88. The third-order valence-corrected chi connectivity index (χ3v) is 7.07. The summed E-state index contributed by atoms with van der Waals surface area (Å²) in [6, 6.07) is 13.5. The van der Waals surface area contributed by atoms with Crippen molar-refractivity contribution >= 4 is 28.8 Å². The van der Waals surface area contributed by atoms with Gasteiger partial charge in [0.15, 0.2) is 0 Å². The van der Waals surface area contributed by atoms with Gasteiger partial charge in [-0.1, -0.05) is 35.9 Å². The lowest BCUT2D eigenvalue weighted by Gasteiger charge is -2.40. The van der Waals surface area contributed by atoms with E-state index < -0.39 is 0 Å². The minimum absolute atomic E-state index is 0.0439. The summed E-state index contributed by atoms with van der Waals surface area (Å²) < 4.78 is 5.63. The highest BCUT2D eigenvalue weighted by atomic mass is 32.1. The quantitative estimate of drug-likeness (QED) is 0.601. The predicted molar refractivity (Wildman–Crippen MR) is 129 cm³/mol. The molecule has 2 N–H and O–H groups in total. The zero-order valence-corrected chi connectivity index (χ0v) is 19.5. The Hall–Kier alpha value is -3.39. The lowest BCUT2D eigenvalue weighted by molar-refractivity contribution is 0.0451. The molecule has 7 nitrogen and oxygen atoms in total. The number of nitrogens with zero attached hydrogens (tertiary/aromatic N) is 2. The number of amides is 2. The summed E-state index contributed by atoms with van der Waals surface area (Å²) in [4.78, 5) is 33.5. The minimum Gasteiger partial charge on any atom is -0.490 e. The molecular formula is C25H26N4O3S. The zero-order chi connectivity index (χ0) is 22.9. The van der Waals surface area contributed by atoms with Gasteiger partial charge in [-0.25, -0.2) is 4.98 Å². The van der Waals surface area contributed by atoms with Crippen LogP contribution in [0.5, 0.6) is 5.75 Å². The summed E-state index contributed by atoms with van der Waals surface area (Å²) in [5.41, 5.74) is 3.93. The first-order valence-electron chi connectivity index (χ1n) is 11.1. The lowest BCUT2D eigenvalue weighted by Crippen LogP contribution is -2.56. The van der Waals surface area contributed by atoms with E-state index in [9.17, 15) is 9.59 Å². The summed E-state index contributed by atoms with van der Waals surface area (Å²) in [5.74, 6) is 0.444. The van der Waals surface area contributed by atoms with Crippen LogP contribution in [-0.4, -0.2) is 54.0 Å². The number of likely N-dealkylation sites (tertiary alicyclic amines) is 1. The van der Waals surface area contributed by atoms with E-state index in [1.807, 2.05) is 49.1 Å². The van der Waals surface area contributed by atoms with Crippen molar-refractivity contribution in [1.29, 1.82) is 0 Å². The minimum atomic E-state index is -0.172. The molecule has 0 radical (unpaired) electrons. The summed E-state index contributed by atoms with van der Waals surface area (Å²) in [6.07, 6.45) is 0.850. The van der Waals surface area contributed by atoms with Crippen LogP contribution in [0.1, 0.15) is 37.8 Å². The molecule has 3 aromatic rings. The average molecular weight is 463 g/mol. The Bertz CT molecular complexity index is 1220. The molecule has 8 heteroatoms. The van der Waals surface area contributed by atoms with Gasteiger partial charge in [-0.15, -0.1) is 11.3 Å². The van der Waals surface area contributed by atoms with Crippen molar-refractivity contribution in [3.63, 3.8) is 0 Å². The van der Waals surface area contributed by atoms with Crippen LogP contribution < -0.4 is 15.4 Å². The van der Waals surface area contributed by atoms with Crippen LogP contribution in [0.4, 0.5) is 5.69 Å². The highest BCUT2D eigenvalue weighted by Gasteiger charge is 2.35. The molecule has 1 aromatic heterocycles. The SMILES string of the molecule is Cc1cccc(-c2sc(C)nc2C(=O)N2CC[C@@H]2CNC(=O)c2cccc3c2NCCO3)c1. The fraction of sp³-hybridized carbons (Fsp3) is 0.320. The van der Waals surface area contributed by atoms with Gasteiger partial charge in [0.1, 0.15) is 18.1 Å². The largest absolute Gasteiger partial charge is 0.490 e. The van der Waals surface area contributed by atoms with Crippen LogP contribution in [0.15, 0.2) is 42.5 Å². The topological polar surface area (TPSA) is 83.6 Å². The second-order valence-corrected chi connectivity index (χ2v) is 9.59. The van der Waals surface area contributed by atoms with Crippen molar-refractivity contribution in [2.75, 3.05) is 31.6 Å². The number of hydrogen-bond acceptors (Lipinski definition) is 6. The summed E-state index contributed by atoms with van der Waals surface area (Å²) >= 11 is 1.54. The number of carbonyl (C=O) groups is 2. The molecule has 1 fully saturated rings. The van der Waals surface area contributed by atoms with Crippen LogP contribution >= 0.6 is 11.3 Å². The number of para-hydroxylation sites is 1. The molecule has 170 valence electrons. The molecule has 0 bridgehead atoms. The molecule has 3 heterocycles. The number of anilines is 1. The van der Waals surface area contributed by atoms with E-state index in [1.54, 1.807) is 6.07 Å². The van der Waals surface area contributed by atoms with Gasteiger partial charge in [0.25, 0.3) is 11.8 Å². The smallest absolute Gasteiger partial charge is 0.274 e. The summed E-state index contributed by atoms with van der Waals surface area (Å²) in [5, 5.41) is 7.11. The Kier molecular flexibility index (Phi) is 5.76. The first kappa shape index (κ1) is 21.5. The third kappa shape index (κ3) is 4.18. The highest BCUT2D eigenvalue weighted by molar-refractivity contribution is 7.15. The molecule has 5 rings (SSSR count). The van der Waals surface area contributed by atoms with Gasteiger partial charge in [-0.3, -0.25) is 9.59 Å². The number of aryl methyl sites for hydroxylation is 2. The van der Waals surface area contributed by atoms with Crippen molar-refractivity contribution in [2.24, 2.45) is 0 Å². The second-order valence-electron chi connectivity index (χ2n) is 8.39. The van der Waals surface area contributed by atoms with E-state index in [0.29, 0.717) is 43.2 Å². The maximum atomic E-state index is 13.4. The Morgan fingerprint density at radius 1 is 1.24 bits per heavy atom. The molecule has 0 unspecified atom stereocenters. The second kappa shape index (κ2) is 8.86. The maximum absolute atomic E-state index is 13.4. The van der Waals surface area contributed by atoms with Crippen molar-refractivity contribution in [3.05, 3.63) is 64.3 Å². The first-order chi connectivity index (χ1) is 16.0. The fourth-order valence-corrected chi connectivity index (χ4v) is 5.18. The number of benzene rings is 2. The van der Waals surface area contributed by atoms with Crippen molar-refractivity contribution in [3.8, 4) is 16.2 Å². The number of aromatic nitrogens is 1. The summed E-state index contributed by atoms with van der Waals surface area (Å²) in [7, 11) is 0. The maximum Gasteiger partial charge on any atom is 0.274 e. The van der Waals surface area contributed by atoms with Crippen LogP contribution in [0.2, 0.25) is 0 Å². The number of thiazole rings is 1. The first-order valence-corrected chi connectivity index (χ1v) is 12.0. The molecule has 0 saturated carbocycles. The van der Waals surface area contributed by atoms with Gasteiger partial charge in [0.05, 0.1) is 27.2 Å². The molecule has 1 atom stereocenters. The number of hydrogen-bond donors (Lipinski definition) is 2. The van der Waals surface area contributed by atoms with Crippen LogP contribution in [0, 0.1) is 13.8 Å². The van der Waals surface area contributed by atoms with E-state index in [4.69, 9.17) is 4.74 Å². The molecule has 2 amide bonds. The van der Waals surface area contributed by atoms with Gasteiger partial charge in [0.2, 0.25) is 0 Å². The van der Waals surface area contributed by atoms with Gasteiger partial charge in [-0.2, -0.15) is 0 Å². The molecular weight excluding hydrogens is 436 g/mol. The monoisotopic (exact) mass is 462 g/mol. The Morgan fingerprint density at radius 2 is 2.09 bits per heavy atom. The van der Waals surface area contributed by atoms with Crippen molar-refractivity contribution in [1.82, 2.24) is 15.2 Å². The third-order valence-electron chi connectivity index (χ3n) is 6.05. The molecule has 2 aliphatic heterocycles. The molecule has 2 aromatic carbocycles. The van der Waals surface area contributed by atoms with E-state index in [2.05, 4.69) is 21.7 Å². The van der Waals surface area contributed by atoms with E-state index in [-0.39, 0.29) is 17.9 Å². The number of ether oxygens (including phenoxy) is 1. The van der Waals surface area contributed by atoms with E-state index in [1.165, 1.54) is 11.3 Å². The number of rotatable bonds is 5. The molecule has 1 saturated heterocycles. The van der Waals surface area contributed by atoms with Gasteiger partial charge in [-0.05, 0) is 38.0 Å². The molecule has 2 aliphatic rings. The zero-order valence-electron chi connectivity index (χ0n) is 18.7.